The summed E-state index contributed by atoms with van der Waals surface area (Å²) in [4.78, 5) is 17.6. The van der Waals surface area contributed by atoms with E-state index in [1.54, 1.807) is 13.3 Å². The highest BCUT2D eigenvalue weighted by Crippen LogP contribution is 2.23. The molecule has 0 aromatic carbocycles. The van der Waals surface area contributed by atoms with Gasteiger partial charge in [-0.1, -0.05) is 0 Å². The number of anilines is 1. The summed E-state index contributed by atoms with van der Waals surface area (Å²) in [5.74, 6) is 3.31. The van der Waals surface area contributed by atoms with E-state index in [0.29, 0.717) is 11.8 Å². The molecule has 7 nitrogen and oxygen atoms in total. The van der Waals surface area contributed by atoms with Crippen LogP contribution in [0.25, 0.3) is 0 Å². The van der Waals surface area contributed by atoms with Crippen LogP contribution in [-0.4, -0.2) is 79.7 Å². The first-order chi connectivity index (χ1) is 11.2. The molecule has 1 aromatic heterocycles. The van der Waals surface area contributed by atoms with Crippen molar-refractivity contribution in [1.29, 1.82) is 0 Å². The van der Waals surface area contributed by atoms with E-state index in [1.165, 1.54) is 0 Å². The number of hydrogen-bond acceptors (Lipinski definition) is 6. The Kier molecular flexibility index (Phi) is 7.22. The zero-order valence-corrected chi connectivity index (χ0v) is 16.2. The Labute approximate surface area is 150 Å². The van der Waals surface area contributed by atoms with Gasteiger partial charge in [-0.2, -0.15) is 16.7 Å². The van der Waals surface area contributed by atoms with Crippen LogP contribution in [-0.2, 0) is 0 Å². The zero-order chi connectivity index (χ0) is 16.7. The summed E-state index contributed by atoms with van der Waals surface area (Å²) in [6.07, 6.45) is 3.84. The fraction of sp³-hybridized carbons (Fsp3) is 0.643. The summed E-state index contributed by atoms with van der Waals surface area (Å²) in [6.45, 7) is 4.42. The predicted molar refractivity (Wildman–Crippen MR) is 99.8 cm³/mol. The van der Waals surface area contributed by atoms with Crippen molar-refractivity contribution in [3.63, 3.8) is 0 Å². The van der Waals surface area contributed by atoms with Gasteiger partial charge in [0, 0.05) is 45.5 Å². The Hall–Kier alpha value is -1.22. The number of nitrogens with zero attached hydrogens (tertiary/aromatic N) is 5. The van der Waals surface area contributed by atoms with Crippen LogP contribution in [0.1, 0.15) is 0 Å². The van der Waals surface area contributed by atoms with E-state index in [2.05, 4.69) is 52.3 Å². The summed E-state index contributed by atoms with van der Waals surface area (Å²) >= 11 is 5.21. The maximum absolute atomic E-state index is 5.24. The molecule has 23 heavy (non-hydrogen) atoms. The minimum absolute atomic E-state index is 0.562. The SMILES string of the molecule is CN=C(NCCSC)N1CCN(c2ncc(Br)c(OC)n2)CC1. The topological polar surface area (TPSA) is 65.9 Å². The highest BCUT2D eigenvalue weighted by atomic mass is 79.9. The molecule has 1 aliphatic heterocycles. The van der Waals surface area contributed by atoms with Crippen LogP contribution < -0.4 is 15.0 Å². The van der Waals surface area contributed by atoms with Gasteiger partial charge in [0.2, 0.25) is 11.8 Å². The monoisotopic (exact) mass is 402 g/mol. The lowest BCUT2D eigenvalue weighted by molar-refractivity contribution is 0.367. The molecule has 0 bridgehead atoms. The number of rotatable bonds is 5. The average molecular weight is 403 g/mol. The summed E-state index contributed by atoms with van der Waals surface area (Å²) < 4.78 is 6.01. The van der Waals surface area contributed by atoms with Gasteiger partial charge in [0.05, 0.1) is 17.8 Å². The molecule has 128 valence electrons. The molecular weight excluding hydrogens is 380 g/mol. The molecule has 0 aliphatic carbocycles. The number of guanidine groups is 1. The van der Waals surface area contributed by atoms with Crippen molar-refractivity contribution >= 4 is 39.6 Å². The van der Waals surface area contributed by atoms with E-state index < -0.39 is 0 Å². The molecule has 0 radical (unpaired) electrons. The molecule has 0 saturated carbocycles. The highest BCUT2D eigenvalue weighted by Gasteiger charge is 2.21. The number of halogens is 1. The molecule has 1 aliphatic rings. The molecule has 0 amide bonds. The van der Waals surface area contributed by atoms with Crippen molar-refractivity contribution in [1.82, 2.24) is 20.2 Å². The molecule has 1 saturated heterocycles. The molecule has 0 spiro atoms. The van der Waals surface area contributed by atoms with E-state index in [9.17, 15) is 0 Å². The lowest BCUT2D eigenvalue weighted by Gasteiger charge is -2.36. The van der Waals surface area contributed by atoms with Crippen LogP contribution in [0.3, 0.4) is 0 Å². The zero-order valence-electron chi connectivity index (χ0n) is 13.8. The third-order valence-electron chi connectivity index (χ3n) is 3.56. The van der Waals surface area contributed by atoms with Crippen molar-refractivity contribution in [2.24, 2.45) is 4.99 Å². The van der Waals surface area contributed by atoms with Gasteiger partial charge < -0.3 is 19.9 Å². The fourth-order valence-electron chi connectivity index (χ4n) is 2.35. The number of aliphatic imine (C=N–C) groups is 1. The summed E-state index contributed by atoms with van der Waals surface area (Å²) in [6, 6.07) is 0. The highest BCUT2D eigenvalue weighted by molar-refractivity contribution is 9.10. The lowest BCUT2D eigenvalue weighted by Crippen LogP contribution is -2.53. The molecular formula is C14H23BrN6OS. The Bertz CT molecular complexity index is 536. The van der Waals surface area contributed by atoms with Gasteiger partial charge in [0.15, 0.2) is 5.96 Å². The first-order valence-electron chi connectivity index (χ1n) is 7.45. The molecule has 0 atom stereocenters. The molecule has 1 aromatic rings. The van der Waals surface area contributed by atoms with Crippen molar-refractivity contribution < 1.29 is 4.74 Å². The van der Waals surface area contributed by atoms with Crippen LogP contribution in [0, 0.1) is 0 Å². The van der Waals surface area contributed by atoms with Gasteiger partial charge in [0.1, 0.15) is 0 Å². The lowest BCUT2D eigenvalue weighted by atomic mass is 10.3. The predicted octanol–water partition coefficient (Wildman–Crippen LogP) is 1.31. The quantitative estimate of drug-likeness (QED) is 0.452. The third-order valence-corrected chi connectivity index (χ3v) is 4.71. The van der Waals surface area contributed by atoms with Crippen molar-refractivity contribution in [3.8, 4) is 5.88 Å². The van der Waals surface area contributed by atoms with Crippen LogP contribution >= 0.6 is 27.7 Å². The maximum Gasteiger partial charge on any atom is 0.232 e. The van der Waals surface area contributed by atoms with Crippen LogP contribution in [0.5, 0.6) is 5.88 Å². The van der Waals surface area contributed by atoms with Crippen molar-refractivity contribution in [3.05, 3.63) is 10.7 Å². The molecule has 1 N–H and O–H groups in total. The van der Waals surface area contributed by atoms with Crippen LogP contribution in [0.2, 0.25) is 0 Å². The number of aromatic nitrogens is 2. The second kappa shape index (κ2) is 9.17. The molecule has 2 heterocycles. The maximum atomic E-state index is 5.24. The Morgan fingerprint density at radius 2 is 2.17 bits per heavy atom. The van der Waals surface area contributed by atoms with E-state index in [4.69, 9.17) is 4.74 Å². The van der Waals surface area contributed by atoms with Gasteiger partial charge >= 0.3 is 0 Å². The van der Waals surface area contributed by atoms with E-state index in [-0.39, 0.29) is 0 Å². The first-order valence-corrected chi connectivity index (χ1v) is 9.64. The second-order valence-corrected chi connectivity index (χ2v) is 6.81. The average Bonchev–Trinajstić information content (AvgIpc) is 2.59. The molecule has 2 rings (SSSR count). The van der Waals surface area contributed by atoms with Gasteiger partial charge in [-0.05, 0) is 22.2 Å². The van der Waals surface area contributed by atoms with E-state index in [0.717, 1.165) is 48.9 Å². The molecule has 9 heteroatoms. The normalized spacial score (nSPS) is 15.7. The first kappa shape index (κ1) is 18.1. The smallest absolute Gasteiger partial charge is 0.232 e. The Balaban J connectivity index is 1.92. The van der Waals surface area contributed by atoms with Gasteiger partial charge in [-0.15, -0.1) is 0 Å². The number of nitrogens with one attached hydrogen (secondary N) is 1. The fourth-order valence-corrected chi connectivity index (χ4v) is 3.01. The third kappa shape index (κ3) is 4.87. The Morgan fingerprint density at radius 1 is 1.43 bits per heavy atom. The van der Waals surface area contributed by atoms with Crippen molar-refractivity contribution in [2.75, 3.05) is 63.8 Å². The number of piperazine rings is 1. The van der Waals surface area contributed by atoms with Crippen LogP contribution in [0.15, 0.2) is 15.7 Å². The second-order valence-electron chi connectivity index (χ2n) is 4.97. The number of ether oxygens (including phenoxy) is 1. The van der Waals surface area contributed by atoms with Gasteiger partial charge in [-0.25, -0.2) is 4.98 Å². The van der Waals surface area contributed by atoms with Gasteiger partial charge in [0.25, 0.3) is 0 Å². The summed E-state index contributed by atoms with van der Waals surface area (Å²) in [5.41, 5.74) is 0. The Morgan fingerprint density at radius 3 is 2.78 bits per heavy atom. The molecule has 0 unspecified atom stereocenters. The molecule has 1 fully saturated rings. The summed E-state index contributed by atoms with van der Waals surface area (Å²) in [5, 5.41) is 3.40. The largest absolute Gasteiger partial charge is 0.480 e. The minimum Gasteiger partial charge on any atom is -0.480 e. The van der Waals surface area contributed by atoms with E-state index in [1.807, 2.05) is 18.8 Å². The number of methoxy groups -OCH3 is 1. The van der Waals surface area contributed by atoms with E-state index >= 15 is 0 Å². The number of thioether (sulfide) groups is 1. The van der Waals surface area contributed by atoms with Crippen molar-refractivity contribution in [2.45, 2.75) is 0 Å². The van der Waals surface area contributed by atoms with Gasteiger partial charge in [-0.3, -0.25) is 4.99 Å². The van der Waals surface area contributed by atoms with Crippen LogP contribution in [0.4, 0.5) is 5.95 Å². The minimum atomic E-state index is 0.562. The summed E-state index contributed by atoms with van der Waals surface area (Å²) in [7, 11) is 3.44. The number of hydrogen-bond donors (Lipinski definition) is 1. The standard InChI is InChI=1S/C14H23BrN6OS/c1-16-13(17-4-9-23-3)20-5-7-21(8-6-20)14-18-10-11(15)12(19-14)22-2/h10H,4-9H2,1-3H3,(H,16,17).